The predicted octanol–water partition coefficient (Wildman–Crippen LogP) is 3.50. The van der Waals surface area contributed by atoms with E-state index in [0.29, 0.717) is 5.69 Å². The molecule has 0 spiro atoms. The van der Waals surface area contributed by atoms with E-state index < -0.39 is 0 Å². The molecular formula is C19H21N3O2. The molecule has 24 heavy (non-hydrogen) atoms. The van der Waals surface area contributed by atoms with Gasteiger partial charge in [0.05, 0.1) is 5.92 Å². The first-order valence-electron chi connectivity index (χ1n) is 8.15. The Hall–Kier alpha value is -2.82. The highest BCUT2D eigenvalue weighted by molar-refractivity contribution is 5.96. The predicted molar refractivity (Wildman–Crippen MR) is 95.3 cm³/mol. The van der Waals surface area contributed by atoms with Gasteiger partial charge in [-0.25, -0.2) is 4.79 Å². The smallest absolute Gasteiger partial charge is 0.318 e. The fourth-order valence-corrected chi connectivity index (χ4v) is 3.09. The minimum absolute atomic E-state index is 0.0224. The van der Waals surface area contributed by atoms with E-state index >= 15 is 0 Å². The highest BCUT2D eigenvalue weighted by atomic mass is 16.2. The molecule has 0 bridgehead atoms. The molecule has 2 aromatic carbocycles. The van der Waals surface area contributed by atoms with E-state index in [2.05, 4.69) is 28.1 Å². The standard InChI is InChI=1S/C19H21N3O2/c1-20-19(24)22-15-11-9-14(10-12-15)21-18(23)17-8-4-6-13-5-2-3-7-16(13)17/h2-3,5,7,9-12,17H,4,6,8H2,1H3,(H,21,23)(H2,20,22,24). The molecule has 1 atom stereocenters. The van der Waals surface area contributed by atoms with Crippen LogP contribution in [0.3, 0.4) is 0 Å². The Labute approximate surface area is 141 Å². The van der Waals surface area contributed by atoms with Crippen LogP contribution in [0.15, 0.2) is 48.5 Å². The third-order valence-corrected chi connectivity index (χ3v) is 4.32. The van der Waals surface area contributed by atoms with Crippen LogP contribution in [0.5, 0.6) is 0 Å². The number of anilines is 2. The SMILES string of the molecule is CNC(=O)Nc1ccc(NC(=O)C2CCCc3ccccc32)cc1. The lowest BCUT2D eigenvalue weighted by atomic mass is 9.82. The number of carbonyl (C=O) groups is 2. The number of benzene rings is 2. The Morgan fingerprint density at radius 3 is 2.33 bits per heavy atom. The largest absolute Gasteiger partial charge is 0.341 e. The number of hydrogen-bond donors (Lipinski definition) is 3. The van der Waals surface area contributed by atoms with E-state index in [1.165, 1.54) is 5.56 Å². The van der Waals surface area contributed by atoms with Crippen molar-refractivity contribution in [1.82, 2.24) is 5.32 Å². The van der Waals surface area contributed by atoms with Crippen LogP contribution in [0.4, 0.5) is 16.2 Å². The zero-order valence-corrected chi connectivity index (χ0v) is 13.6. The van der Waals surface area contributed by atoms with E-state index in [-0.39, 0.29) is 17.9 Å². The highest BCUT2D eigenvalue weighted by Crippen LogP contribution is 2.32. The van der Waals surface area contributed by atoms with Crippen molar-refractivity contribution in [1.29, 1.82) is 0 Å². The van der Waals surface area contributed by atoms with Gasteiger partial charge in [0.15, 0.2) is 0 Å². The van der Waals surface area contributed by atoms with Crippen molar-refractivity contribution in [3.8, 4) is 0 Å². The van der Waals surface area contributed by atoms with Crippen LogP contribution in [0, 0.1) is 0 Å². The van der Waals surface area contributed by atoms with E-state index in [9.17, 15) is 9.59 Å². The molecule has 0 saturated carbocycles. The Kier molecular flexibility index (Phi) is 4.79. The van der Waals surface area contributed by atoms with Crippen LogP contribution >= 0.6 is 0 Å². The van der Waals surface area contributed by atoms with Crippen LogP contribution in [0.25, 0.3) is 0 Å². The van der Waals surface area contributed by atoms with Crippen LogP contribution in [0.2, 0.25) is 0 Å². The maximum atomic E-state index is 12.6. The van der Waals surface area contributed by atoms with Gasteiger partial charge in [-0.1, -0.05) is 24.3 Å². The molecule has 5 nitrogen and oxygen atoms in total. The van der Waals surface area contributed by atoms with Gasteiger partial charge in [0, 0.05) is 18.4 Å². The first kappa shape index (κ1) is 16.1. The molecule has 1 aliphatic carbocycles. The average Bonchev–Trinajstić information content (AvgIpc) is 2.62. The maximum Gasteiger partial charge on any atom is 0.318 e. The topological polar surface area (TPSA) is 70.2 Å². The van der Waals surface area contributed by atoms with Crippen molar-refractivity contribution in [2.24, 2.45) is 0 Å². The van der Waals surface area contributed by atoms with Crippen molar-refractivity contribution >= 4 is 23.3 Å². The zero-order valence-electron chi connectivity index (χ0n) is 13.6. The summed E-state index contributed by atoms with van der Waals surface area (Å²) >= 11 is 0. The minimum Gasteiger partial charge on any atom is -0.341 e. The Morgan fingerprint density at radius 2 is 1.62 bits per heavy atom. The second-order valence-corrected chi connectivity index (χ2v) is 5.91. The van der Waals surface area contributed by atoms with Gasteiger partial charge in [-0.15, -0.1) is 0 Å². The van der Waals surface area contributed by atoms with Gasteiger partial charge < -0.3 is 16.0 Å². The number of carbonyl (C=O) groups excluding carboxylic acids is 2. The third-order valence-electron chi connectivity index (χ3n) is 4.32. The quantitative estimate of drug-likeness (QED) is 0.809. The van der Waals surface area contributed by atoms with E-state index in [0.717, 1.165) is 30.5 Å². The van der Waals surface area contributed by atoms with Gasteiger partial charge in [0.25, 0.3) is 0 Å². The molecule has 0 heterocycles. The number of nitrogens with one attached hydrogen (secondary N) is 3. The fourth-order valence-electron chi connectivity index (χ4n) is 3.09. The number of aryl methyl sites for hydroxylation is 1. The molecule has 3 amide bonds. The lowest BCUT2D eigenvalue weighted by Gasteiger charge is -2.24. The molecule has 2 aromatic rings. The Balaban J connectivity index is 1.68. The van der Waals surface area contributed by atoms with Crippen LogP contribution in [-0.4, -0.2) is 19.0 Å². The maximum absolute atomic E-state index is 12.6. The van der Waals surface area contributed by atoms with Crippen LogP contribution < -0.4 is 16.0 Å². The number of urea groups is 1. The van der Waals surface area contributed by atoms with Gasteiger partial charge in [-0.05, 0) is 54.7 Å². The molecule has 1 unspecified atom stereocenters. The van der Waals surface area contributed by atoms with Gasteiger partial charge in [-0.3, -0.25) is 4.79 Å². The van der Waals surface area contributed by atoms with Crippen LogP contribution in [0.1, 0.15) is 29.9 Å². The van der Waals surface area contributed by atoms with Gasteiger partial charge in [0.1, 0.15) is 0 Å². The molecule has 124 valence electrons. The summed E-state index contributed by atoms with van der Waals surface area (Å²) in [6.45, 7) is 0. The number of rotatable bonds is 3. The van der Waals surface area contributed by atoms with Gasteiger partial charge in [0.2, 0.25) is 5.91 Å². The Morgan fingerprint density at radius 1 is 0.958 bits per heavy atom. The van der Waals surface area contributed by atoms with Crippen molar-refractivity contribution in [2.45, 2.75) is 25.2 Å². The average molecular weight is 323 g/mol. The number of fused-ring (bicyclic) bond motifs is 1. The molecule has 0 aromatic heterocycles. The summed E-state index contributed by atoms with van der Waals surface area (Å²) in [7, 11) is 1.56. The van der Waals surface area contributed by atoms with E-state index in [1.807, 2.05) is 12.1 Å². The highest BCUT2D eigenvalue weighted by Gasteiger charge is 2.26. The molecule has 0 saturated heterocycles. The first-order valence-corrected chi connectivity index (χ1v) is 8.15. The lowest BCUT2D eigenvalue weighted by Crippen LogP contribution is -2.25. The monoisotopic (exact) mass is 323 g/mol. The molecule has 0 fully saturated rings. The lowest BCUT2D eigenvalue weighted by molar-refractivity contribution is -0.117. The normalized spacial score (nSPS) is 16.0. The number of hydrogen-bond acceptors (Lipinski definition) is 2. The van der Waals surface area contributed by atoms with Crippen molar-refractivity contribution in [3.05, 3.63) is 59.7 Å². The summed E-state index contributed by atoms with van der Waals surface area (Å²) in [5.41, 5.74) is 3.81. The summed E-state index contributed by atoms with van der Waals surface area (Å²) in [4.78, 5) is 23.9. The second kappa shape index (κ2) is 7.17. The zero-order chi connectivity index (χ0) is 16.9. The second-order valence-electron chi connectivity index (χ2n) is 5.91. The fraction of sp³-hybridized carbons (Fsp3) is 0.263. The summed E-state index contributed by atoms with van der Waals surface area (Å²) in [6, 6.07) is 15.0. The molecule has 3 N–H and O–H groups in total. The van der Waals surface area contributed by atoms with Crippen molar-refractivity contribution in [2.75, 3.05) is 17.7 Å². The van der Waals surface area contributed by atoms with E-state index in [1.54, 1.807) is 31.3 Å². The Bertz CT molecular complexity index is 741. The molecular weight excluding hydrogens is 302 g/mol. The number of amides is 3. The molecule has 1 aliphatic rings. The summed E-state index contributed by atoms with van der Waals surface area (Å²) in [6.07, 6.45) is 2.95. The summed E-state index contributed by atoms with van der Waals surface area (Å²) in [5, 5.41) is 8.16. The first-order chi connectivity index (χ1) is 11.7. The molecule has 0 aliphatic heterocycles. The summed E-state index contributed by atoms with van der Waals surface area (Å²) < 4.78 is 0. The minimum atomic E-state index is -0.273. The van der Waals surface area contributed by atoms with Crippen LogP contribution in [-0.2, 0) is 11.2 Å². The molecule has 3 rings (SSSR count). The third kappa shape index (κ3) is 3.56. The van der Waals surface area contributed by atoms with Crippen molar-refractivity contribution < 1.29 is 9.59 Å². The van der Waals surface area contributed by atoms with E-state index in [4.69, 9.17) is 0 Å². The summed E-state index contributed by atoms with van der Waals surface area (Å²) in [5.74, 6) is -0.0761. The van der Waals surface area contributed by atoms with Crippen molar-refractivity contribution in [3.63, 3.8) is 0 Å². The molecule has 0 radical (unpaired) electrons. The van der Waals surface area contributed by atoms with Gasteiger partial charge in [-0.2, -0.15) is 0 Å². The molecule has 5 heteroatoms. The van der Waals surface area contributed by atoms with Gasteiger partial charge >= 0.3 is 6.03 Å².